The highest BCUT2D eigenvalue weighted by Gasteiger charge is 2.23. The summed E-state index contributed by atoms with van der Waals surface area (Å²) >= 11 is 4.53. The lowest BCUT2D eigenvalue weighted by molar-refractivity contribution is 0.620. The highest BCUT2D eigenvalue weighted by molar-refractivity contribution is 7.84. The second-order valence-electron chi connectivity index (χ2n) is 7.93. The third-order valence-electron chi connectivity index (χ3n) is 5.69. The number of anilines is 2. The van der Waals surface area contributed by atoms with Gasteiger partial charge in [-0.2, -0.15) is 0 Å². The van der Waals surface area contributed by atoms with Gasteiger partial charge in [0, 0.05) is 50.6 Å². The van der Waals surface area contributed by atoms with Crippen molar-refractivity contribution in [2.24, 2.45) is 0 Å². The zero-order valence-corrected chi connectivity index (χ0v) is 19.7. The lowest BCUT2D eigenvalue weighted by atomic mass is 10.1. The van der Waals surface area contributed by atoms with Crippen LogP contribution in [0.2, 0.25) is 0 Å². The smallest absolute Gasteiger partial charge is 0.158 e. The van der Waals surface area contributed by atoms with E-state index in [4.69, 9.17) is 4.98 Å². The molecule has 0 saturated carbocycles. The Kier molecular flexibility index (Phi) is 7.80. The standard InChI is InChI=1S/C25H33N5S/c1-6-20(16-21(31)7-2)27-19(4)30-15-9-8-14-29(5)24-11-10-23(28-25(24)30)22-17-26-13-12-18(22)3/h6-7,10-13,17,20,27,31H,1,4,8-9,14-16H2,2-3,5H3/b21-7+. The second-order valence-corrected chi connectivity index (χ2v) is 8.50. The van der Waals surface area contributed by atoms with Crippen LogP contribution in [0.5, 0.6) is 0 Å². The van der Waals surface area contributed by atoms with E-state index >= 15 is 0 Å². The first-order chi connectivity index (χ1) is 14.9. The zero-order valence-electron chi connectivity index (χ0n) is 18.8. The first kappa shape index (κ1) is 22.9. The first-order valence-corrected chi connectivity index (χ1v) is 11.2. The SMILES string of the molecule is C=CC(C/C(S)=C\C)NC(=C)N1CCCCN(C)c2ccc(-c3cnccc3C)nc21. The van der Waals surface area contributed by atoms with E-state index in [9.17, 15) is 0 Å². The summed E-state index contributed by atoms with van der Waals surface area (Å²) in [5.74, 6) is 1.74. The first-order valence-electron chi connectivity index (χ1n) is 10.8. The van der Waals surface area contributed by atoms with Crippen molar-refractivity contribution in [1.29, 1.82) is 0 Å². The fraction of sp³-hybridized carbons (Fsp3) is 0.360. The summed E-state index contributed by atoms with van der Waals surface area (Å²) < 4.78 is 0. The maximum absolute atomic E-state index is 5.10. The molecule has 0 bridgehead atoms. The third kappa shape index (κ3) is 5.50. The Morgan fingerprint density at radius 3 is 2.77 bits per heavy atom. The number of fused-ring (bicyclic) bond motifs is 1. The van der Waals surface area contributed by atoms with E-state index < -0.39 is 0 Å². The molecule has 0 radical (unpaired) electrons. The van der Waals surface area contributed by atoms with Crippen LogP contribution >= 0.6 is 12.6 Å². The molecule has 6 heteroatoms. The molecule has 3 rings (SSSR count). The average molecular weight is 436 g/mol. The van der Waals surface area contributed by atoms with Crippen molar-refractivity contribution in [3.63, 3.8) is 0 Å². The lowest BCUT2D eigenvalue weighted by Crippen LogP contribution is -2.39. The predicted octanol–water partition coefficient (Wildman–Crippen LogP) is 5.33. The van der Waals surface area contributed by atoms with Gasteiger partial charge in [-0.15, -0.1) is 19.2 Å². The van der Waals surface area contributed by atoms with Crippen molar-refractivity contribution < 1.29 is 0 Å². The van der Waals surface area contributed by atoms with E-state index in [0.717, 1.165) is 71.4 Å². The van der Waals surface area contributed by atoms with Crippen LogP contribution in [0.25, 0.3) is 11.3 Å². The minimum absolute atomic E-state index is 0.0478. The van der Waals surface area contributed by atoms with Gasteiger partial charge < -0.3 is 15.1 Å². The van der Waals surface area contributed by atoms with Crippen LogP contribution in [0.3, 0.4) is 0 Å². The van der Waals surface area contributed by atoms with Crippen molar-refractivity contribution in [1.82, 2.24) is 15.3 Å². The number of nitrogens with one attached hydrogen (secondary N) is 1. The maximum atomic E-state index is 5.10. The van der Waals surface area contributed by atoms with Crippen LogP contribution in [-0.2, 0) is 0 Å². The molecule has 0 spiro atoms. The van der Waals surface area contributed by atoms with Gasteiger partial charge in [0.05, 0.1) is 11.4 Å². The molecule has 1 aliphatic rings. The van der Waals surface area contributed by atoms with E-state index in [-0.39, 0.29) is 6.04 Å². The number of nitrogens with zero attached hydrogens (tertiary/aromatic N) is 4. The van der Waals surface area contributed by atoms with Gasteiger partial charge in [0.1, 0.15) is 5.82 Å². The van der Waals surface area contributed by atoms with Crippen molar-refractivity contribution >= 4 is 24.1 Å². The summed E-state index contributed by atoms with van der Waals surface area (Å²) in [5, 5.41) is 3.53. The molecule has 0 aromatic carbocycles. The Morgan fingerprint density at radius 2 is 2.06 bits per heavy atom. The quantitative estimate of drug-likeness (QED) is 0.455. The summed E-state index contributed by atoms with van der Waals surface area (Å²) in [5.41, 5.74) is 4.23. The molecule has 0 amide bonds. The fourth-order valence-corrected chi connectivity index (χ4v) is 3.95. The Balaban J connectivity index is 1.99. The second kappa shape index (κ2) is 10.5. The van der Waals surface area contributed by atoms with Crippen molar-refractivity contribution in [2.45, 2.75) is 39.2 Å². The number of rotatable bonds is 7. The van der Waals surface area contributed by atoms with Gasteiger partial charge in [-0.25, -0.2) is 4.98 Å². The normalized spacial score (nSPS) is 15.5. The molecule has 31 heavy (non-hydrogen) atoms. The summed E-state index contributed by atoms with van der Waals surface area (Å²) in [6, 6.07) is 6.31. The number of hydrogen-bond acceptors (Lipinski definition) is 6. The molecule has 0 aliphatic carbocycles. The van der Waals surface area contributed by atoms with Gasteiger partial charge in [0.15, 0.2) is 5.82 Å². The Morgan fingerprint density at radius 1 is 1.29 bits per heavy atom. The average Bonchev–Trinajstić information content (AvgIpc) is 2.77. The molecule has 0 saturated heterocycles. The topological polar surface area (TPSA) is 44.3 Å². The number of aryl methyl sites for hydroxylation is 1. The minimum Gasteiger partial charge on any atom is -0.372 e. The number of pyridine rings is 2. The fourth-order valence-electron chi connectivity index (χ4n) is 3.76. The molecular weight excluding hydrogens is 402 g/mol. The van der Waals surface area contributed by atoms with Gasteiger partial charge in [-0.05, 0) is 55.4 Å². The zero-order chi connectivity index (χ0) is 22.4. The van der Waals surface area contributed by atoms with Crippen LogP contribution in [0.15, 0.2) is 66.6 Å². The number of thiol groups is 1. The van der Waals surface area contributed by atoms with Gasteiger partial charge >= 0.3 is 0 Å². The van der Waals surface area contributed by atoms with Crippen molar-refractivity contribution in [2.75, 3.05) is 29.9 Å². The van der Waals surface area contributed by atoms with Gasteiger partial charge in [0.2, 0.25) is 0 Å². The van der Waals surface area contributed by atoms with E-state index in [2.05, 4.69) is 72.0 Å². The Bertz CT molecular complexity index is 968. The van der Waals surface area contributed by atoms with Gasteiger partial charge in [-0.1, -0.05) is 18.7 Å². The number of allylic oxidation sites excluding steroid dienone is 1. The van der Waals surface area contributed by atoms with E-state index in [1.807, 2.05) is 37.5 Å². The Hall–Kier alpha value is -2.73. The number of aromatic nitrogens is 2. The summed E-state index contributed by atoms with van der Waals surface area (Å²) in [7, 11) is 2.13. The van der Waals surface area contributed by atoms with Crippen LogP contribution in [0.1, 0.15) is 31.7 Å². The molecule has 3 heterocycles. The largest absolute Gasteiger partial charge is 0.372 e. The highest BCUT2D eigenvalue weighted by atomic mass is 32.1. The molecule has 2 aromatic heterocycles. The summed E-state index contributed by atoms with van der Waals surface area (Å²) in [6.45, 7) is 14.3. The van der Waals surface area contributed by atoms with E-state index in [1.165, 1.54) is 0 Å². The predicted molar refractivity (Wildman–Crippen MR) is 136 cm³/mol. The van der Waals surface area contributed by atoms with E-state index in [1.54, 1.807) is 0 Å². The molecule has 2 aromatic rings. The molecule has 5 nitrogen and oxygen atoms in total. The molecule has 1 aliphatic heterocycles. The number of hydrogen-bond donors (Lipinski definition) is 2. The summed E-state index contributed by atoms with van der Waals surface area (Å²) in [6.07, 6.45) is 10.6. The van der Waals surface area contributed by atoms with Crippen molar-refractivity contribution in [3.8, 4) is 11.3 Å². The molecule has 1 atom stereocenters. The highest BCUT2D eigenvalue weighted by Crippen LogP contribution is 2.34. The van der Waals surface area contributed by atoms with Crippen LogP contribution in [-0.4, -0.2) is 36.1 Å². The van der Waals surface area contributed by atoms with Gasteiger partial charge in [0.25, 0.3) is 0 Å². The third-order valence-corrected chi connectivity index (χ3v) is 6.13. The summed E-state index contributed by atoms with van der Waals surface area (Å²) in [4.78, 5) is 14.9. The maximum Gasteiger partial charge on any atom is 0.158 e. The minimum atomic E-state index is 0.0478. The van der Waals surface area contributed by atoms with E-state index in [0.29, 0.717) is 0 Å². The molecule has 1 unspecified atom stereocenters. The monoisotopic (exact) mass is 435 g/mol. The van der Waals surface area contributed by atoms with Crippen molar-refractivity contribution in [3.05, 3.63) is 72.2 Å². The lowest BCUT2D eigenvalue weighted by Gasteiger charge is -2.35. The van der Waals surface area contributed by atoms with Crippen LogP contribution in [0, 0.1) is 6.92 Å². The molecular formula is C25H33N5S. The van der Waals surface area contributed by atoms with Crippen LogP contribution < -0.4 is 15.1 Å². The Labute approximate surface area is 192 Å². The molecule has 0 fully saturated rings. The van der Waals surface area contributed by atoms with Gasteiger partial charge in [-0.3, -0.25) is 4.98 Å². The molecule has 164 valence electrons. The molecule has 1 N–H and O–H groups in total. The van der Waals surface area contributed by atoms with Crippen LogP contribution in [0.4, 0.5) is 11.5 Å².